The molecule has 3 aromatic carbocycles. The fourth-order valence-corrected chi connectivity index (χ4v) is 3.66. The molecule has 4 aromatic rings. The molecular formula is C25H22N4O6S. The number of nitro benzene ring substituents is 1. The van der Waals surface area contributed by atoms with E-state index < -0.39 is 10.8 Å². The summed E-state index contributed by atoms with van der Waals surface area (Å²) in [4.78, 5) is 28.0. The van der Waals surface area contributed by atoms with Gasteiger partial charge in [0.25, 0.3) is 5.91 Å². The van der Waals surface area contributed by atoms with Gasteiger partial charge in [-0.1, -0.05) is 6.07 Å². The zero-order chi connectivity index (χ0) is 25.8. The number of thiocarbonyl (C=S) groups is 1. The zero-order valence-corrected chi connectivity index (χ0v) is 20.5. The van der Waals surface area contributed by atoms with Gasteiger partial charge in [0.2, 0.25) is 5.89 Å². The molecule has 0 saturated heterocycles. The van der Waals surface area contributed by atoms with Crippen molar-refractivity contribution in [1.29, 1.82) is 0 Å². The Labute approximate surface area is 211 Å². The van der Waals surface area contributed by atoms with Crippen molar-refractivity contribution >= 4 is 45.7 Å². The molecule has 2 N–H and O–H groups in total. The van der Waals surface area contributed by atoms with Gasteiger partial charge < -0.3 is 19.2 Å². The van der Waals surface area contributed by atoms with Crippen LogP contribution in [0.5, 0.6) is 11.5 Å². The minimum atomic E-state index is -0.602. The second kappa shape index (κ2) is 10.4. The third-order valence-corrected chi connectivity index (χ3v) is 5.48. The number of nitrogens with zero attached hydrogens (tertiary/aromatic N) is 2. The van der Waals surface area contributed by atoms with Gasteiger partial charge in [-0.3, -0.25) is 20.2 Å². The first-order valence-corrected chi connectivity index (χ1v) is 11.3. The van der Waals surface area contributed by atoms with Crippen LogP contribution in [0.15, 0.2) is 59.0 Å². The summed E-state index contributed by atoms with van der Waals surface area (Å²) >= 11 is 5.31. The van der Waals surface area contributed by atoms with Crippen molar-refractivity contribution in [3.8, 4) is 23.0 Å². The Bertz CT molecular complexity index is 1480. The van der Waals surface area contributed by atoms with Crippen LogP contribution in [-0.4, -0.2) is 34.6 Å². The molecule has 11 heteroatoms. The smallest absolute Gasteiger partial charge is 0.311 e. The molecule has 1 amide bonds. The molecule has 0 aliphatic carbocycles. The second-order valence-corrected chi connectivity index (χ2v) is 8.07. The number of carbonyl (C=O) groups excluding carboxylic acids is 1. The van der Waals surface area contributed by atoms with Gasteiger partial charge in [-0.25, -0.2) is 4.98 Å². The molecule has 36 heavy (non-hydrogen) atoms. The van der Waals surface area contributed by atoms with Gasteiger partial charge in [0.1, 0.15) is 11.3 Å². The number of oxazole rings is 1. The number of hydrogen-bond acceptors (Lipinski definition) is 8. The molecule has 0 saturated carbocycles. The lowest BCUT2D eigenvalue weighted by atomic mass is 10.1. The number of benzene rings is 3. The van der Waals surface area contributed by atoms with E-state index in [0.717, 1.165) is 11.6 Å². The number of aromatic nitrogens is 1. The molecule has 0 aliphatic rings. The summed E-state index contributed by atoms with van der Waals surface area (Å²) in [7, 11) is 1.58. The molecule has 0 spiro atoms. The minimum absolute atomic E-state index is 0.0269. The maximum absolute atomic E-state index is 12.7. The number of nitrogens with one attached hydrogen (secondary N) is 2. The minimum Gasteiger partial charge on any atom is -0.497 e. The largest absolute Gasteiger partial charge is 0.497 e. The number of aryl methyl sites for hydroxylation is 1. The Hall–Kier alpha value is -4.51. The molecule has 184 valence electrons. The number of amides is 1. The number of fused-ring (bicyclic) bond motifs is 1. The molecule has 1 heterocycles. The summed E-state index contributed by atoms with van der Waals surface area (Å²) in [5.41, 5.74) is 3.25. The van der Waals surface area contributed by atoms with Crippen LogP contribution in [-0.2, 0) is 0 Å². The van der Waals surface area contributed by atoms with E-state index in [2.05, 4.69) is 15.6 Å². The zero-order valence-electron chi connectivity index (χ0n) is 19.7. The SMILES string of the molecule is CCOc1ccc(C(=O)NC(=S)Nc2cc(-c3nc4cc(OC)ccc4o3)ccc2C)cc1[N+](=O)[O-]. The van der Waals surface area contributed by atoms with E-state index in [-0.39, 0.29) is 28.7 Å². The van der Waals surface area contributed by atoms with Crippen LogP contribution in [0, 0.1) is 17.0 Å². The van der Waals surface area contributed by atoms with Crippen LogP contribution in [0.25, 0.3) is 22.6 Å². The van der Waals surface area contributed by atoms with Crippen LogP contribution >= 0.6 is 12.2 Å². The molecule has 10 nitrogen and oxygen atoms in total. The highest BCUT2D eigenvalue weighted by atomic mass is 32.1. The predicted molar refractivity (Wildman–Crippen MR) is 139 cm³/mol. The van der Waals surface area contributed by atoms with Crippen LogP contribution in [0.2, 0.25) is 0 Å². The summed E-state index contributed by atoms with van der Waals surface area (Å²) < 4.78 is 16.4. The van der Waals surface area contributed by atoms with Crippen molar-refractivity contribution in [2.24, 2.45) is 0 Å². The van der Waals surface area contributed by atoms with Crippen molar-refractivity contribution in [3.05, 3.63) is 75.8 Å². The lowest BCUT2D eigenvalue weighted by molar-refractivity contribution is -0.385. The van der Waals surface area contributed by atoms with E-state index in [1.807, 2.05) is 19.1 Å². The molecule has 0 radical (unpaired) electrons. The first-order valence-electron chi connectivity index (χ1n) is 10.9. The van der Waals surface area contributed by atoms with Crippen LogP contribution in [0.3, 0.4) is 0 Å². The number of hydrogen-bond donors (Lipinski definition) is 2. The van der Waals surface area contributed by atoms with Crippen LogP contribution in [0.4, 0.5) is 11.4 Å². The van der Waals surface area contributed by atoms with Crippen molar-refractivity contribution < 1.29 is 23.6 Å². The van der Waals surface area contributed by atoms with Crippen molar-refractivity contribution in [1.82, 2.24) is 10.3 Å². The topological polar surface area (TPSA) is 129 Å². The maximum atomic E-state index is 12.7. The number of methoxy groups -OCH3 is 1. The lowest BCUT2D eigenvalue weighted by Gasteiger charge is -2.13. The van der Waals surface area contributed by atoms with Gasteiger partial charge in [-0.15, -0.1) is 0 Å². The van der Waals surface area contributed by atoms with E-state index in [9.17, 15) is 14.9 Å². The fourth-order valence-electron chi connectivity index (χ4n) is 3.46. The highest BCUT2D eigenvalue weighted by Gasteiger charge is 2.19. The van der Waals surface area contributed by atoms with Gasteiger partial charge in [-0.05, 0) is 68.0 Å². The van der Waals surface area contributed by atoms with Gasteiger partial charge >= 0.3 is 5.69 Å². The average molecular weight is 507 g/mol. The molecule has 0 bridgehead atoms. The Morgan fingerprint density at radius 2 is 1.97 bits per heavy atom. The van der Waals surface area contributed by atoms with Gasteiger partial charge in [0.15, 0.2) is 16.4 Å². The van der Waals surface area contributed by atoms with Crippen molar-refractivity contribution in [2.75, 3.05) is 19.0 Å². The Morgan fingerprint density at radius 3 is 2.69 bits per heavy atom. The quantitative estimate of drug-likeness (QED) is 0.196. The molecule has 1 aromatic heterocycles. The van der Waals surface area contributed by atoms with E-state index in [1.165, 1.54) is 12.1 Å². The molecule has 4 rings (SSSR count). The number of anilines is 1. The van der Waals surface area contributed by atoms with Crippen LogP contribution in [0.1, 0.15) is 22.8 Å². The molecule has 0 aliphatic heterocycles. The van der Waals surface area contributed by atoms with Crippen molar-refractivity contribution in [3.63, 3.8) is 0 Å². The highest BCUT2D eigenvalue weighted by Crippen LogP contribution is 2.30. The monoisotopic (exact) mass is 506 g/mol. The number of carbonyl (C=O) groups is 1. The maximum Gasteiger partial charge on any atom is 0.311 e. The van der Waals surface area contributed by atoms with Crippen molar-refractivity contribution in [2.45, 2.75) is 13.8 Å². The van der Waals surface area contributed by atoms with Gasteiger partial charge in [0.05, 0.1) is 18.6 Å². The third-order valence-electron chi connectivity index (χ3n) is 5.27. The predicted octanol–water partition coefficient (Wildman–Crippen LogP) is 5.25. The molecule has 0 atom stereocenters. The lowest BCUT2D eigenvalue weighted by Crippen LogP contribution is -2.34. The van der Waals surface area contributed by atoms with E-state index in [0.29, 0.717) is 34.0 Å². The fraction of sp³-hybridized carbons (Fsp3) is 0.160. The molecular weight excluding hydrogens is 484 g/mol. The first kappa shape index (κ1) is 24.6. The van der Waals surface area contributed by atoms with E-state index in [1.54, 1.807) is 38.3 Å². The summed E-state index contributed by atoms with van der Waals surface area (Å²) in [5, 5.41) is 16.9. The summed E-state index contributed by atoms with van der Waals surface area (Å²) in [6.07, 6.45) is 0. The normalized spacial score (nSPS) is 10.6. The third kappa shape index (κ3) is 5.26. The standard InChI is InChI=1S/C25H22N4O6S/c1-4-34-22-9-7-15(12-20(22)29(31)32)23(30)28-25(36)27-18-11-16(6-5-14(18)2)24-26-19-13-17(33-3)8-10-21(19)35-24/h5-13H,4H2,1-3H3,(H2,27,28,30,36). The Balaban J connectivity index is 1.51. The summed E-state index contributed by atoms with van der Waals surface area (Å²) in [6.45, 7) is 3.85. The van der Waals surface area contributed by atoms with Crippen LogP contribution < -0.4 is 20.1 Å². The summed E-state index contributed by atoms with van der Waals surface area (Å²) in [5.74, 6) is 0.579. The van der Waals surface area contributed by atoms with E-state index in [4.69, 9.17) is 26.1 Å². The second-order valence-electron chi connectivity index (χ2n) is 7.66. The van der Waals surface area contributed by atoms with Gasteiger partial charge in [0, 0.05) is 28.9 Å². The van der Waals surface area contributed by atoms with Gasteiger partial charge in [-0.2, -0.15) is 0 Å². The number of ether oxygens (including phenoxy) is 2. The summed E-state index contributed by atoms with van der Waals surface area (Å²) in [6, 6.07) is 14.9. The number of rotatable bonds is 7. The molecule has 0 fully saturated rings. The Morgan fingerprint density at radius 1 is 1.17 bits per heavy atom. The first-order chi connectivity index (χ1) is 17.3. The number of nitro groups is 1. The Kier molecular flexibility index (Phi) is 7.11. The van der Waals surface area contributed by atoms with E-state index >= 15 is 0 Å². The highest BCUT2D eigenvalue weighted by molar-refractivity contribution is 7.80. The molecule has 0 unspecified atom stereocenters. The average Bonchev–Trinajstić information content (AvgIpc) is 3.29.